The smallest absolute Gasteiger partial charge is 0.303 e. The monoisotopic (exact) mass is 582 g/mol. The molecule has 0 atom stereocenters. The lowest BCUT2D eigenvalue weighted by Gasteiger charge is -2.19. The highest BCUT2D eigenvalue weighted by Crippen LogP contribution is 2.36. The molecule has 2 aromatic rings. The summed E-state index contributed by atoms with van der Waals surface area (Å²) < 4.78 is 0. The average Bonchev–Trinajstić information content (AvgIpc) is 3.02. The molecule has 0 aliphatic heterocycles. The lowest BCUT2D eigenvalue weighted by Crippen LogP contribution is -2.02. The standard InChI is InChI=1S/C41H62N2/c1-5-9-13-15-17-20-25-36-27-23-30-38(33-36)41(37-29-22-26-35(32-37)24-19-11-7-3)40(31-21-18-16-14-10-6-2)39(34-43-42)28-12-8-4/h22-23,26-27,29-30,32-33H,5-21,24-25,28,31H2,1-4H3. The van der Waals surface area contributed by atoms with Gasteiger partial charge >= 0.3 is 5.87 Å². The van der Waals surface area contributed by atoms with Crippen molar-refractivity contribution < 1.29 is 4.79 Å². The molecular formula is C41H62N2. The van der Waals surface area contributed by atoms with Crippen LogP contribution in [0.1, 0.15) is 172 Å². The summed E-state index contributed by atoms with van der Waals surface area (Å²) in [4.78, 5) is 3.48. The zero-order valence-corrected chi connectivity index (χ0v) is 28.4. The fourth-order valence-corrected chi connectivity index (χ4v) is 6.17. The third-order valence-corrected chi connectivity index (χ3v) is 8.73. The zero-order valence-electron chi connectivity index (χ0n) is 28.4. The van der Waals surface area contributed by atoms with E-state index in [1.807, 2.05) is 0 Å². The van der Waals surface area contributed by atoms with E-state index in [1.54, 1.807) is 0 Å². The third-order valence-electron chi connectivity index (χ3n) is 8.73. The van der Waals surface area contributed by atoms with Crippen molar-refractivity contribution in [1.29, 1.82) is 0 Å². The second-order valence-corrected chi connectivity index (χ2v) is 12.5. The van der Waals surface area contributed by atoms with Gasteiger partial charge in [-0.3, -0.25) is 0 Å². The van der Waals surface area contributed by atoms with Gasteiger partial charge in [0.25, 0.3) is 0 Å². The maximum Gasteiger partial charge on any atom is 0.303 e. The average molecular weight is 583 g/mol. The number of benzene rings is 2. The van der Waals surface area contributed by atoms with Crippen LogP contribution in [0.25, 0.3) is 11.1 Å². The Morgan fingerprint density at radius 2 is 1.02 bits per heavy atom. The van der Waals surface area contributed by atoms with Crippen LogP contribution in [-0.4, -0.2) is 10.7 Å². The maximum absolute atomic E-state index is 9.73. The van der Waals surface area contributed by atoms with Crippen LogP contribution in [0.15, 0.2) is 59.7 Å². The Bertz CT molecular complexity index is 1140. The summed E-state index contributed by atoms with van der Waals surface area (Å²) in [7, 11) is 0. The largest absolute Gasteiger partial charge is 0.348 e. The van der Waals surface area contributed by atoms with Crippen molar-refractivity contribution in [1.82, 2.24) is 0 Å². The SMILES string of the molecule is CCCCCCCCC(C(=C=[N+]=[N-])CCCC)=C(c1cccc(CCCCC)c1)c1cccc(CCCCCCCC)c1. The van der Waals surface area contributed by atoms with Gasteiger partial charge in [0.05, 0.1) is 5.57 Å². The normalized spacial score (nSPS) is 11.6. The molecule has 0 radical (unpaired) electrons. The van der Waals surface area contributed by atoms with Gasteiger partial charge in [-0.25, -0.2) is 0 Å². The molecule has 2 rings (SSSR count). The number of hydrogen-bond acceptors (Lipinski definition) is 0. The van der Waals surface area contributed by atoms with E-state index >= 15 is 0 Å². The molecule has 0 heterocycles. The lowest BCUT2D eigenvalue weighted by atomic mass is 9.84. The van der Waals surface area contributed by atoms with Gasteiger partial charge in [-0.1, -0.05) is 160 Å². The summed E-state index contributed by atoms with van der Waals surface area (Å²) in [5.41, 5.74) is 18.9. The highest BCUT2D eigenvalue weighted by Gasteiger charge is 2.19. The topological polar surface area (TPSA) is 36.4 Å². The van der Waals surface area contributed by atoms with E-state index in [9.17, 15) is 5.53 Å². The van der Waals surface area contributed by atoms with Crippen molar-refractivity contribution in [3.63, 3.8) is 0 Å². The molecule has 2 nitrogen and oxygen atoms in total. The Morgan fingerprint density at radius 3 is 1.56 bits per heavy atom. The molecule has 2 heteroatoms. The van der Waals surface area contributed by atoms with Crippen LogP contribution in [-0.2, 0) is 12.8 Å². The molecule has 0 N–H and O–H groups in total. The van der Waals surface area contributed by atoms with Gasteiger partial charge in [0.1, 0.15) is 0 Å². The van der Waals surface area contributed by atoms with Gasteiger partial charge in [-0.05, 0) is 84.8 Å². The molecule has 43 heavy (non-hydrogen) atoms. The van der Waals surface area contributed by atoms with E-state index in [0.717, 1.165) is 50.5 Å². The number of hydrogen-bond donors (Lipinski definition) is 0. The molecular weight excluding hydrogens is 520 g/mol. The van der Waals surface area contributed by atoms with Crippen molar-refractivity contribution in [3.05, 3.63) is 87.5 Å². The molecule has 2 aromatic carbocycles. The maximum atomic E-state index is 9.73. The van der Waals surface area contributed by atoms with E-state index in [4.69, 9.17) is 0 Å². The van der Waals surface area contributed by atoms with Crippen LogP contribution < -0.4 is 0 Å². The summed E-state index contributed by atoms with van der Waals surface area (Å²) in [5, 5.41) is 0. The highest BCUT2D eigenvalue weighted by atomic mass is 14.8. The molecule has 0 amide bonds. The van der Waals surface area contributed by atoms with Gasteiger partial charge in [0, 0.05) is 0 Å². The van der Waals surface area contributed by atoms with E-state index in [-0.39, 0.29) is 0 Å². The second-order valence-electron chi connectivity index (χ2n) is 12.5. The third kappa shape index (κ3) is 14.6. The van der Waals surface area contributed by atoms with Crippen molar-refractivity contribution in [2.45, 2.75) is 163 Å². The minimum atomic E-state index is 0.892. The molecule has 0 fully saturated rings. The summed E-state index contributed by atoms with van der Waals surface area (Å²) in [6, 6.07) is 18.6. The molecule has 0 aliphatic carbocycles. The Labute approximate surface area is 265 Å². The van der Waals surface area contributed by atoms with E-state index < -0.39 is 0 Å². The van der Waals surface area contributed by atoms with Gasteiger partial charge in [0.2, 0.25) is 0 Å². The van der Waals surface area contributed by atoms with Gasteiger partial charge in [-0.15, -0.1) is 4.79 Å². The van der Waals surface area contributed by atoms with Crippen LogP contribution in [0, 0.1) is 0 Å². The van der Waals surface area contributed by atoms with E-state index in [1.165, 1.54) is 123 Å². The first kappa shape index (κ1) is 36.5. The molecule has 236 valence electrons. The van der Waals surface area contributed by atoms with Gasteiger partial charge in [0.15, 0.2) is 0 Å². The summed E-state index contributed by atoms with van der Waals surface area (Å²) >= 11 is 0. The van der Waals surface area contributed by atoms with Crippen LogP contribution in [0.2, 0.25) is 0 Å². The summed E-state index contributed by atoms with van der Waals surface area (Å²) in [6.45, 7) is 9.07. The van der Waals surface area contributed by atoms with Crippen LogP contribution in [0.5, 0.6) is 0 Å². The number of rotatable bonds is 24. The fraction of sp³-hybridized carbons (Fsp3) is 0.610. The molecule has 0 saturated carbocycles. The van der Waals surface area contributed by atoms with Crippen LogP contribution in [0.3, 0.4) is 0 Å². The van der Waals surface area contributed by atoms with Crippen LogP contribution >= 0.6 is 0 Å². The van der Waals surface area contributed by atoms with Crippen LogP contribution in [0.4, 0.5) is 0 Å². The molecule has 0 aromatic heterocycles. The van der Waals surface area contributed by atoms with Crippen molar-refractivity contribution in [2.75, 3.05) is 0 Å². The van der Waals surface area contributed by atoms with Crippen molar-refractivity contribution in [2.24, 2.45) is 0 Å². The summed E-state index contributed by atoms with van der Waals surface area (Å²) in [6.07, 6.45) is 25.6. The number of unbranched alkanes of at least 4 members (excludes halogenated alkanes) is 13. The highest BCUT2D eigenvalue weighted by molar-refractivity contribution is 5.87. The van der Waals surface area contributed by atoms with E-state index in [2.05, 4.69) is 86.9 Å². The second kappa shape index (κ2) is 23.8. The first-order valence-electron chi connectivity index (χ1n) is 18.1. The lowest BCUT2D eigenvalue weighted by molar-refractivity contribution is 0.00739. The first-order valence-corrected chi connectivity index (χ1v) is 18.1. The number of allylic oxidation sites excluding steroid dienone is 2. The predicted octanol–water partition coefficient (Wildman–Crippen LogP) is 12.9. The summed E-state index contributed by atoms with van der Waals surface area (Å²) in [5.74, 6) is 3.07. The van der Waals surface area contributed by atoms with E-state index in [0.29, 0.717) is 0 Å². The molecule has 0 saturated heterocycles. The Balaban J connectivity index is 2.58. The van der Waals surface area contributed by atoms with Gasteiger partial charge in [-0.2, -0.15) is 0 Å². The Morgan fingerprint density at radius 1 is 0.558 bits per heavy atom. The quantitative estimate of drug-likeness (QED) is 0.0388. The zero-order chi connectivity index (χ0) is 31.0. The number of aryl methyl sites for hydroxylation is 2. The molecule has 0 bridgehead atoms. The van der Waals surface area contributed by atoms with Crippen molar-refractivity contribution in [3.8, 4) is 0 Å². The fourth-order valence-electron chi connectivity index (χ4n) is 6.17. The molecule has 0 unspecified atom stereocenters. The molecule has 0 spiro atoms. The predicted molar refractivity (Wildman–Crippen MR) is 189 cm³/mol. The Hall–Kier alpha value is -2.66. The van der Waals surface area contributed by atoms with Gasteiger partial charge < -0.3 is 5.53 Å². The Kier molecular flexibility index (Phi) is 20.2. The molecule has 0 aliphatic rings. The van der Waals surface area contributed by atoms with Crippen molar-refractivity contribution >= 4 is 11.4 Å². The first-order chi connectivity index (χ1) is 21.2. The number of nitrogens with zero attached hydrogens (tertiary/aromatic N) is 2. The minimum absolute atomic E-state index is 0.892. The minimum Gasteiger partial charge on any atom is -0.348 e.